The Morgan fingerprint density at radius 2 is 1.94 bits per heavy atom. The minimum Gasteiger partial charge on any atom is -0.487 e. The third-order valence-corrected chi connectivity index (χ3v) is 5.46. The Bertz CT molecular complexity index is 1450. The number of nitro benzene ring substituents is 1. The van der Waals surface area contributed by atoms with E-state index in [0.717, 1.165) is 29.1 Å². The molecule has 180 valence electrons. The summed E-state index contributed by atoms with van der Waals surface area (Å²) < 4.78 is 31.8. The van der Waals surface area contributed by atoms with Crippen LogP contribution in [0.2, 0.25) is 0 Å². The summed E-state index contributed by atoms with van der Waals surface area (Å²) in [6.07, 6.45) is -2.76. The number of aryl methyl sites for hydroxylation is 2. The summed E-state index contributed by atoms with van der Waals surface area (Å²) in [4.78, 5) is 28.7. The molecule has 1 amide bonds. The van der Waals surface area contributed by atoms with Crippen molar-refractivity contribution < 1.29 is 23.2 Å². The fraction of sp³-hybridized carbons (Fsp3) is 0.208. The zero-order valence-electron chi connectivity index (χ0n) is 19.1. The van der Waals surface area contributed by atoms with E-state index in [0.29, 0.717) is 16.6 Å². The summed E-state index contributed by atoms with van der Waals surface area (Å²) in [5.41, 5.74) is 3.46. The van der Waals surface area contributed by atoms with Gasteiger partial charge in [-0.25, -0.2) is 13.8 Å². The number of anilines is 1. The second-order valence-corrected chi connectivity index (χ2v) is 7.87. The van der Waals surface area contributed by atoms with Gasteiger partial charge in [0, 0.05) is 35.8 Å². The van der Waals surface area contributed by atoms with Crippen LogP contribution in [0.5, 0.6) is 5.75 Å². The summed E-state index contributed by atoms with van der Waals surface area (Å²) in [6.45, 7) is 2.82. The number of rotatable bonds is 7. The van der Waals surface area contributed by atoms with Crippen LogP contribution in [0.15, 0.2) is 48.5 Å². The Kier molecular flexibility index (Phi) is 6.41. The van der Waals surface area contributed by atoms with E-state index in [4.69, 9.17) is 9.72 Å². The smallest absolute Gasteiger partial charge is 0.275 e. The fourth-order valence-corrected chi connectivity index (χ4v) is 3.84. The van der Waals surface area contributed by atoms with Gasteiger partial charge in [0.05, 0.1) is 39.1 Å². The maximum Gasteiger partial charge on any atom is 0.275 e. The molecule has 4 rings (SSSR count). The van der Waals surface area contributed by atoms with Crippen molar-refractivity contribution in [2.75, 3.05) is 11.9 Å². The molecule has 2 aromatic carbocycles. The van der Waals surface area contributed by atoms with Gasteiger partial charge in [-0.2, -0.15) is 5.10 Å². The third-order valence-electron chi connectivity index (χ3n) is 5.46. The molecule has 0 atom stereocenters. The molecule has 0 fully saturated rings. The Balaban J connectivity index is 1.77. The molecule has 0 bridgehead atoms. The summed E-state index contributed by atoms with van der Waals surface area (Å²) in [5.74, 6) is -0.707. The average Bonchev–Trinajstić information content (AvgIpc) is 3.07. The van der Waals surface area contributed by atoms with Crippen molar-refractivity contribution in [1.29, 1.82) is 0 Å². The van der Waals surface area contributed by atoms with Gasteiger partial charge in [-0.05, 0) is 26.0 Å². The maximum atomic E-state index is 13.4. The fourth-order valence-electron chi connectivity index (χ4n) is 3.84. The Hall–Kier alpha value is -4.41. The number of benzene rings is 2. The number of hydrogen-bond acceptors (Lipinski definition) is 6. The van der Waals surface area contributed by atoms with Crippen molar-refractivity contribution in [2.24, 2.45) is 7.05 Å². The summed E-state index contributed by atoms with van der Waals surface area (Å²) >= 11 is 0. The minimum atomic E-state index is -2.76. The highest BCUT2D eigenvalue weighted by molar-refractivity contribution is 6.13. The van der Waals surface area contributed by atoms with Crippen molar-refractivity contribution in [2.45, 2.75) is 20.3 Å². The molecule has 4 aromatic rings. The molecule has 0 spiro atoms. The van der Waals surface area contributed by atoms with Gasteiger partial charge in [-0.15, -0.1) is 0 Å². The summed E-state index contributed by atoms with van der Waals surface area (Å²) in [7, 11) is 1.82. The Morgan fingerprint density at radius 1 is 1.20 bits per heavy atom. The predicted molar refractivity (Wildman–Crippen MR) is 126 cm³/mol. The quantitative estimate of drug-likeness (QED) is 0.292. The topological polar surface area (TPSA) is 112 Å². The highest BCUT2D eigenvalue weighted by Crippen LogP contribution is 2.31. The molecular formula is C24H21F2N5O4. The number of para-hydroxylation sites is 1. The molecule has 0 saturated heterocycles. The Labute approximate surface area is 198 Å². The highest BCUT2D eigenvalue weighted by atomic mass is 19.3. The molecule has 2 aromatic heterocycles. The van der Waals surface area contributed by atoms with Crippen LogP contribution in [0.1, 0.15) is 21.7 Å². The minimum absolute atomic E-state index is 0.0321. The number of fused-ring (bicyclic) bond motifs is 1. The first kappa shape index (κ1) is 23.7. The summed E-state index contributed by atoms with van der Waals surface area (Å²) in [6, 6.07) is 12.1. The number of carbonyl (C=O) groups excluding carboxylic acids is 1. The van der Waals surface area contributed by atoms with Crippen molar-refractivity contribution in [3.05, 3.63) is 75.6 Å². The molecule has 0 saturated carbocycles. The molecule has 35 heavy (non-hydrogen) atoms. The number of aromatic nitrogens is 3. The molecular weight excluding hydrogens is 460 g/mol. The largest absolute Gasteiger partial charge is 0.487 e. The van der Waals surface area contributed by atoms with Crippen molar-refractivity contribution in [3.63, 3.8) is 0 Å². The number of ether oxygens (including phenoxy) is 1. The Morgan fingerprint density at radius 3 is 2.60 bits per heavy atom. The molecule has 0 aliphatic carbocycles. The first-order valence-corrected chi connectivity index (χ1v) is 10.6. The van der Waals surface area contributed by atoms with E-state index in [1.54, 1.807) is 35.0 Å². The van der Waals surface area contributed by atoms with E-state index in [9.17, 15) is 23.7 Å². The van der Waals surface area contributed by atoms with Gasteiger partial charge >= 0.3 is 0 Å². The van der Waals surface area contributed by atoms with Gasteiger partial charge in [0.1, 0.15) is 12.4 Å². The molecule has 0 aliphatic heterocycles. The molecule has 0 aliphatic rings. The lowest BCUT2D eigenvalue weighted by Gasteiger charge is -2.12. The number of hydrogen-bond donors (Lipinski definition) is 1. The molecule has 11 heteroatoms. The molecule has 2 heterocycles. The number of carbonyl (C=O) groups is 1. The SMILES string of the molecule is Cc1nn(C)c(C)c1-c1cc(C(=O)Nc2cc(OCC(F)F)cc([N+](=O)[O-])c2)c2ccccc2n1. The molecule has 0 radical (unpaired) electrons. The predicted octanol–water partition coefficient (Wildman–Crippen LogP) is 5.06. The van der Waals surface area contributed by atoms with Gasteiger partial charge in [-0.3, -0.25) is 19.6 Å². The van der Waals surface area contributed by atoms with Crippen molar-refractivity contribution in [3.8, 4) is 17.0 Å². The number of amides is 1. The first-order valence-electron chi connectivity index (χ1n) is 10.6. The maximum absolute atomic E-state index is 13.4. The van der Waals surface area contributed by atoms with Gasteiger partial charge in [-0.1, -0.05) is 18.2 Å². The summed E-state index contributed by atoms with van der Waals surface area (Å²) in [5, 5.41) is 18.9. The molecule has 1 N–H and O–H groups in total. The van der Waals surface area contributed by atoms with Gasteiger partial charge < -0.3 is 10.1 Å². The van der Waals surface area contributed by atoms with E-state index in [-0.39, 0.29) is 17.0 Å². The second kappa shape index (κ2) is 9.45. The van der Waals surface area contributed by atoms with Crippen LogP contribution in [-0.2, 0) is 7.05 Å². The van der Waals surface area contributed by atoms with Crippen LogP contribution in [0.4, 0.5) is 20.2 Å². The van der Waals surface area contributed by atoms with Crippen LogP contribution < -0.4 is 10.1 Å². The number of nitrogens with one attached hydrogen (secondary N) is 1. The van der Waals surface area contributed by atoms with Crippen LogP contribution in [0.25, 0.3) is 22.2 Å². The average molecular weight is 481 g/mol. The van der Waals surface area contributed by atoms with Gasteiger partial charge in [0.2, 0.25) is 0 Å². The van der Waals surface area contributed by atoms with E-state index in [2.05, 4.69) is 10.4 Å². The standard InChI is InChI=1S/C24H21F2N5O4/c1-13-23(14(2)30(3)29-13)21-11-19(18-6-4-5-7-20(18)28-21)24(32)27-15-8-16(31(33)34)10-17(9-15)35-12-22(25)26/h4-11,22H,12H2,1-3H3,(H,27,32). The zero-order valence-corrected chi connectivity index (χ0v) is 19.1. The number of non-ortho nitro benzene ring substituents is 1. The lowest BCUT2D eigenvalue weighted by atomic mass is 10.0. The zero-order chi connectivity index (χ0) is 25.3. The van der Waals surface area contributed by atoms with Crippen LogP contribution in [0.3, 0.4) is 0 Å². The number of nitro groups is 1. The van der Waals surface area contributed by atoms with Crippen LogP contribution >= 0.6 is 0 Å². The highest BCUT2D eigenvalue weighted by Gasteiger charge is 2.20. The van der Waals surface area contributed by atoms with E-state index in [1.165, 1.54) is 6.07 Å². The second-order valence-electron chi connectivity index (χ2n) is 7.87. The number of alkyl halides is 2. The number of pyridine rings is 1. The van der Waals surface area contributed by atoms with Crippen molar-refractivity contribution >= 4 is 28.2 Å². The lowest BCUT2D eigenvalue weighted by Crippen LogP contribution is -2.14. The van der Waals surface area contributed by atoms with Crippen molar-refractivity contribution in [1.82, 2.24) is 14.8 Å². The third kappa shape index (κ3) is 4.93. The van der Waals surface area contributed by atoms with Gasteiger partial charge in [0.15, 0.2) is 0 Å². The van der Waals surface area contributed by atoms with Gasteiger partial charge in [0.25, 0.3) is 18.0 Å². The molecule has 9 nitrogen and oxygen atoms in total. The lowest BCUT2D eigenvalue weighted by molar-refractivity contribution is -0.384. The van der Waals surface area contributed by atoms with E-state index < -0.39 is 29.6 Å². The number of halogens is 2. The monoisotopic (exact) mass is 481 g/mol. The first-order chi connectivity index (χ1) is 16.6. The number of nitrogens with zero attached hydrogens (tertiary/aromatic N) is 4. The van der Waals surface area contributed by atoms with E-state index >= 15 is 0 Å². The van der Waals surface area contributed by atoms with E-state index in [1.807, 2.05) is 20.9 Å². The van der Waals surface area contributed by atoms with Crippen LogP contribution in [0, 0.1) is 24.0 Å². The normalized spacial score (nSPS) is 11.1. The van der Waals surface area contributed by atoms with Crippen LogP contribution in [-0.4, -0.2) is 38.6 Å². The molecule has 0 unspecified atom stereocenters.